The molecule has 0 bridgehead atoms. The Balaban J connectivity index is 2.88. The van der Waals surface area contributed by atoms with E-state index in [2.05, 4.69) is 28.1 Å². The SMILES string of the molecule is ClC/C=C(\CBr)c1ccccc1. The van der Waals surface area contributed by atoms with E-state index in [-0.39, 0.29) is 0 Å². The molecule has 12 heavy (non-hydrogen) atoms. The third-order valence-corrected chi connectivity index (χ3v) is 2.37. The topological polar surface area (TPSA) is 0 Å². The third kappa shape index (κ3) is 2.65. The molecule has 0 aromatic heterocycles. The lowest BCUT2D eigenvalue weighted by molar-refractivity contribution is 1.56. The fourth-order valence-electron chi connectivity index (χ4n) is 0.995. The molecule has 64 valence electrons. The van der Waals surface area contributed by atoms with Gasteiger partial charge in [0.05, 0.1) is 0 Å². The maximum absolute atomic E-state index is 5.63. The minimum atomic E-state index is 0.565. The van der Waals surface area contributed by atoms with Gasteiger partial charge in [0, 0.05) is 11.2 Å². The second-order valence-electron chi connectivity index (χ2n) is 2.38. The number of rotatable bonds is 3. The van der Waals surface area contributed by atoms with Crippen LogP contribution in [-0.4, -0.2) is 11.2 Å². The van der Waals surface area contributed by atoms with Crippen LogP contribution in [0.5, 0.6) is 0 Å². The number of benzene rings is 1. The molecule has 0 heterocycles. The third-order valence-electron chi connectivity index (χ3n) is 1.61. The lowest BCUT2D eigenvalue weighted by Gasteiger charge is -2.01. The number of alkyl halides is 2. The first kappa shape index (κ1) is 9.82. The standard InChI is InChI=1S/C10H10BrCl/c11-8-10(6-7-12)9-4-2-1-3-5-9/h1-6H,7-8H2/b10-6+. The summed E-state index contributed by atoms with van der Waals surface area (Å²) in [6.07, 6.45) is 2.02. The normalized spacial score (nSPS) is 11.7. The van der Waals surface area contributed by atoms with E-state index in [1.54, 1.807) is 0 Å². The fourth-order valence-corrected chi connectivity index (χ4v) is 1.73. The number of hydrogen-bond acceptors (Lipinski definition) is 0. The van der Waals surface area contributed by atoms with Gasteiger partial charge in [0.2, 0.25) is 0 Å². The van der Waals surface area contributed by atoms with Gasteiger partial charge in [-0.25, -0.2) is 0 Å². The van der Waals surface area contributed by atoms with Gasteiger partial charge in [-0.05, 0) is 11.1 Å². The number of hydrogen-bond donors (Lipinski definition) is 0. The molecular weight excluding hydrogens is 235 g/mol. The van der Waals surface area contributed by atoms with Crippen LogP contribution in [0.15, 0.2) is 36.4 Å². The molecule has 0 aliphatic heterocycles. The van der Waals surface area contributed by atoms with Crippen LogP contribution in [0.4, 0.5) is 0 Å². The Hall–Kier alpha value is -0.270. The lowest BCUT2D eigenvalue weighted by Crippen LogP contribution is -1.85. The van der Waals surface area contributed by atoms with E-state index in [0.717, 1.165) is 5.33 Å². The zero-order valence-corrected chi connectivity index (χ0v) is 8.98. The average Bonchev–Trinajstić information content (AvgIpc) is 2.15. The van der Waals surface area contributed by atoms with Gasteiger partial charge in [0.1, 0.15) is 0 Å². The minimum Gasteiger partial charge on any atom is -0.122 e. The van der Waals surface area contributed by atoms with Crippen LogP contribution in [0, 0.1) is 0 Å². The summed E-state index contributed by atoms with van der Waals surface area (Å²) in [5.41, 5.74) is 2.47. The van der Waals surface area contributed by atoms with Crippen LogP contribution in [0.1, 0.15) is 5.56 Å². The summed E-state index contributed by atoms with van der Waals surface area (Å²) in [6, 6.07) is 10.2. The highest BCUT2D eigenvalue weighted by atomic mass is 79.9. The molecule has 0 aliphatic carbocycles. The summed E-state index contributed by atoms with van der Waals surface area (Å²) in [6.45, 7) is 0. The molecule has 0 amide bonds. The van der Waals surface area contributed by atoms with E-state index in [9.17, 15) is 0 Å². The monoisotopic (exact) mass is 244 g/mol. The molecule has 1 aromatic carbocycles. The van der Waals surface area contributed by atoms with E-state index in [1.807, 2.05) is 24.3 Å². The smallest absolute Gasteiger partial charge is 0.0410 e. The average molecular weight is 246 g/mol. The van der Waals surface area contributed by atoms with Crippen LogP contribution in [0.2, 0.25) is 0 Å². The maximum atomic E-state index is 5.63. The van der Waals surface area contributed by atoms with Gasteiger partial charge in [-0.3, -0.25) is 0 Å². The van der Waals surface area contributed by atoms with Crippen molar-refractivity contribution in [1.29, 1.82) is 0 Å². The van der Waals surface area contributed by atoms with Gasteiger partial charge in [-0.1, -0.05) is 52.3 Å². The van der Waals surface area contributed by atoms with Crippen LogP contribution in [-0.2, 0) is 0 Å². The molecule has 0 saturated carbocycles. The first-order valence-electron chi connectivity index (χ1n) is 3.75. The molecule has 0 atom stereocenters. The van der Waals surface area contributed by atoms with E-state index in [0.29, 0.717) is 5.88 Å². The second-order valence-corrected chi connectivity index (χ2v) is 3.25. The first-order valence-corrected chi connectivity index (χ1v) is 5.40. The lowest BCUT2D eigenvalue weighted by atomic mass is 10.1. The maximum Gasteiger partial charge on any atom is 0.0410 e. The van der Waals surface area contributed by atoms with Crippen LogP contribution < -0.4 is 0 Å². The van der Waals surface area contributed by atoms with Crippen molar-refractivity contribution in [2.45, 2.75) is 0 Å². The Labute approximate surface area is 86.4 Å². The highest BCUT2D eigenvalue weighted by Crippen LogP contribution is 2.16. The van der Waals surface area contributed by atoms with Crippen molar-refractivity contribution in [3.8, 4) is 0 Å². The van der Waals surface area contributed by atoms with E-state index in [4.69, 9.17) is 11.6 Å². The summed E-state index contributed by atoms with van der Waals surface area (Å²) in [4.78, 5) is 0. The zero-order chi connectivity index (χ0) is 8.81. The van der Waals surface area contributed by atoms with Crippen molar-refractivity contribution in [1.82, 2.24) is 0 Å². The number of halogens is 2. The Morgan fingerprint density at radius 2 is 2.00 bits per heavy atom. The van der Waals surface area contributed by atoms with Crippen LogP contribution >= 0.6 is 27.5 Å². The van der Waals surface area contributed by atoms with E-state index in [1.165, 1.54) is 11.1 Å². The fraction of sp³-hybridized carbons (Fsp3) is 0.200. The minimum absolute atomic E-state index is 0.565. The van der Waals surface area contributed by atoms with Crippen molar-refractivity contribution < 1.29 is 0 Å². The molecule has 0 fully saturated rings. The molecule has 0 N–H and O–H groups in total. The summed E-state index contributed by atoms with van der Waals surface area (Å²) in [7, 11) is 0. The first-order chi connectivity index (χ1) is 5.88. The number of allylic oxidation sites excluding steroid dienone is 2. The van der Waals surface area contributed by atoms with Gasteiger partial charge in [-0.2, -0.15) is 0 Å². The van der Waals surface area contributed by atoms with E-state index >= 15 is 0 Å². The van der Waals surface area contributed by atoms with Crippen molar-refractivity contribution in [3.63, 3.8) is 0 Å². The molecule has 0 spiro atoms. The summed E-state index contributed by atoms with van der Waals surface area (Å²) in [5.74, 6) is 0.565. The molecule has 0 saturated heterocycles. The van der Waals surface area contributed by atoms with Gasteiger partial charge >= 0.3 is 0 Å². The molecule has 0 nitrogen and oxygen atoms in total. The summed E-state index contributed by atoms with van der Waals surface area (Å²) < 4.78 is 0. The van der Waals surface area contributed by atoms with Gasteiger partial charge in [-0.15, -0.1) is 11.6 Å². The summed E-state index contributed by atoms with van der Waals surface area (Å²) >= 11 is 9.05. The van der Waals surface area contributed by atoms with Crippen molar-refractivity contribution in [2.75, 3.05) is 11.2 Å². The Morgan fingerprint density at radius 1 is 1.33 bits per heavy atom. The molecular formula is C10H10BrCl. The molecule has 1 aromatic rings. The van der Waals surface area contributed by atoms with Gasteiger partial charge in [0.15, 0.2) is 0 Å². The Kier molecular flexibility index (Phi) is 4.41. The Morgan fingerprint density at radius 3 is 2.50 bits per heavy atom. The summed E-state index contributed by atoms with van der Waals surface area (Å²) in [5, 5.41) is 0.851. The predicted octanol–water partition coefficient (Wildman–Crippen LogP) is 3.70. The molecule has 0 unspecified atom stereocenters. The molecule has 0 radical (unpaired) electrons. The predicted molar refractivity (Wildman–Crippen MR) is 58.9 cm³/mol. The van der Waals surface area contributed by atoms with E-state index < -0.39 is 0 Å². The van der Waals surface area contributed by atoms with Crippen LogP contribution in [0.3, 0.4) is 0 Å². The van der Waals surface area contributed by atoms with Crippen LogP contribution in [0.25, 0.3) is 5.57 Å². The highest BCUT2D eigenvalue weighted by molar-refractivity contribution is 9.09. The largest absolute Gasteiger partial charge is 0.122 e. The van der Waals surface area contributed by atoms with Gasteiger partial charge in [0.25, 0.3) is 0 Å². The zero-order valence-electron chi connectivity index (χ0n) is 6.63. The highest BCUT2D eigenvalue weighted by Gasteiger charge is 1.96. The molecule has 2 heteroatoms. The Bertz CT molecular complexity index is 254. The van der Waals surface area contributed by atoms with Crippen molar-refractivity contribution in [2.24, 2.45) is 0 Å². The van der Waals surface area contributed by atoms with Crippen molar-refractivity contribution in [3.05, 3.63) is 42.0 Å². The quantitative estimate of drug-likeness (QED) is 0.712. The molecule has 0 aliphatic rings. The second kappa shape index (κ2) is 5.39. The van der Waals surface area contributed by atoms with Crippen molar-refractivity contribution >= 4 is 33.1 Å². The van der Waals surface area contributed by atoms with Gasteiger partial charge < -0.3 is 0 Å². The molecule has 1 rings (SSSR count).